The van der Waals surface area contributed by atoms with E-state index in [1.807, 2.05) is 32.0 Å². The van der Waals surface area contributed by atoms with Gasteiger partial charge in [-0.25, -0.2) is 4.52 Å². The minimum atomic E-state index is -0.569. The molecule has 2 heterocycles. The zero-order valence-electron chi connectivity index (χ0n) is 8.84. The Bertz CT molecular complexity index is 462. The fourth-order valence-electron chi connectivity index (χ4n) is 1.31. The molecule has 0 radical (unpaired) electrons. The average Bonchev–Trinajstić information content (AvgIpc) is 2.64. The summed E-state index contributed by atoms with van der Waals surface area (Å²) >= 11 is 0. The molecule has 0 aliphatic heterocycles. The van der Waals surface area contributed by atoms with Crippen LogP contribution >= 0.6 is 0 Å². The quantitative estimate of drug-likeness (QED) is 0.827. The second kappa shape index (κ2) is 3.55. The molecule has 0 amide bonds. The maximum Gasteiger partial charge on any atom is 0.138 e. The third-order valence-corrected chi connectivity index (χ3v) is 2.14. The SMILES string of the molecule is CC(C)(CO)Oc1ccc2ccnn2c1. The monoisotopic (exact) mass is 206 g/mol. The van der Waals surface area contributed by atoms with Crippen molar-refractivity contribution in [3.05, 3.63) is 30.6 Å². The molecule has 0 unspecified atom stereocenters. The first-order valence-corrected chi connectivity index (χ1v) is 4.84. The van der Waals surface area contributed by atoms with Gasteiger partial charge in [0, 0.05) is 6.20 Å². The number of aliphatic hydroxyl groups excluding tert-OH is 1. The lowest BCUT2D eigenvalue weighted by Gasteiger charge is -2.23. The van der Waals surface area contributed by atoms with Gasteiger partial charge in [0.15, 0.2) is 0 Å². The molecule has 2 aromatic heterocycles. The van der Waals surface area contributed by atoms with Crippen LogP contribution in [0.25, 0.3) is 5.52 Å². The summed E-state index contributed by atoms with van der Waals surface area (Å²) < 4.78 is 7.36. The van der Waals surface area contributed by atoms with Crippen molar-refractivity contribution in [2.24, 2.45) is 0 Å². The van der Waals surface area contributed by atoms with E-state index in [9.17, 15) is 0 Å². The Kier molecular flexibility index (Phi) is 2.36. The number of aromatic nitrogens is 2. The molecule has 2 aromatic rings. The third-order valence-electron chi connectivity index (χ3n) is 2.14. The van der Waals surface area contributed by atoms with E-state index in [4.69, 9.17) is 9.84 Å². The van der Waals surface area contributed by atoms with Crippen LogP contribution in [-0.4, -0.2) is 26.9 Å². The summed E-state index contributed by atoms with van der Waals surface area (Å²) in [4.78, 5) is 0. The normalized spacial score (nSPS) is 11.9. The van der Waals surface area contributed by atoms with Crippen LogP contribution in [-0.2, 0) is 0 Å². The van der Waals surface area contributed by atoms with E-state index in [1.165, 1.54) is 0 Å². The second-order valence-electron chi connectivity index (χ2n) is 4.09. The Balaban J connectivity index is 2.28. The zero-order chi connectivity index (χ0) is 10.9. The second-order valence-corrected chi connectivity index (χ2v) is 4.09. The van der Waals surface area contributed by atoms with Gasteiger partial charge in [-0.2, -0.15) is 5.10 Å². The Morgan fingerprint density at radius 2 is 2.20 bits per heavy atom. The van der Waals surface area contributed by atoms with Crippen LogP contribution in [0.3, 0.4) is 0 Å². The highest BCUT2D eigenvalue weighted by atomic mass is 16.5. The molecule has 0 aromatic carbocycles. The topological polar surface area (TPSA) is 46.8 Å². The lowest BCUT2D eigenvalue weighted by molar-refractivity contribution is 0.0408. The van der Waals surface area contributed by atoms with Crippen molar-refractivity contribution in [2.45, 2.75) is 19.4 Å². The van der Waals surface area contributed by atoms with Gasteiger partial charge in [-0.3, -0.25) is 0 Å². The smallest absolute Gasteiger partial charge is 0.138 e. The van der Waals surface area contributed by atoms with E-state index in [1.54, 1.807) is 16.9 Å². The molecule has 0 saturated heterocycles. The number of aliphatic hydroxyl groups is 1. The highest BCUT2D eigenvalue weighted by molar-refractivity contribution is 5.47. The van der Waals surface area contributed by atoms with Gasteiger partial charge in [-0.15, -0.1) is 0 Å². The Labute approximate surface area is 88.1 Å². The molecular formula is C11H14N2O2. The number of rotatable bonds is 3. The highest BCUT2D eigenvalue weighted by Crippen LogP contribution is 2.18. The van der Waals surface area contributed by atoms with Crippen molar-refractivity contribution < 1.29 is 9.84 Å². The number of ether oxygens (including phenoxy) is 1. The number of fused-ring (bicyclic) bond motifs is 1. The van der Waals surface area contributed by atoms with Crippen LogP contribution in [0.4, 0.5) is 0 Å². The van der Waals surface area contributed by atoms with Crippen molar-refractivity contribution in [1.29, 1.82) is 0 Å². The van der Waals surface area contributed by atoms with E-state index in [-0.39, 0.29) is 6.61 Å². The predicted molar refractivity (Wildman–Crippen MR) is 57.0 cm³/mol. The molecule has 15 heavy (non-hydrogen) atoms. The number of hydrogen-bond acceptors (Lipinski definition) is 3. The van der Waals surface area contributed by atoms with Gasteiger partial charge in [0.25, 0.3) is 0 Å². The summed E-state index contributed by atoms with van der Waals surface area (Å²) in [6.45, 7) is 3.64. The zero-order valence-corrected chi connectivity index (χ0v) is 8.84. The first kappa shape index (κ1) is 9.98. The first-order valence-electron chi connectivity index (χ1n) is 4.84. The van der Waals surface area contributed by atoms with Gasteiger partial charge in [0.2, 0.25) is 0 Å². The molecule has 80 valence electrons. The molecule has 0 bridgehead atoms. The van der Waals surface area contributed by atoms with E-state index < -0.39 is 5.60 Å². The fraction of sp³-hybridized carbons (Fsp3) is 0.364. The molecule has 0 atom stereocenters. The molecule has 0 aliphatic carbocycles. The van der Waals surface area contributed by atoms with E-state index in [0.717, 1.165) is 5.52 Å². The Morgan fingerprint density at radius 3 is 2.93 bits per heavy atom. The maximum absolute atomic E-state index is 9.08. The van der Waals surface area contributed by atoms with Gasteiger partial charge in [-0.05, 0) is 32.0 Å². The third kappa shape index (κ3) is 2.10. The van der Waals surface area contributed by atoms with Crippen LogP contribution in [0.5, 0.6) is 5.75 Å². The van der Waals surface area contributed by atoms with Gasteiger partial charge in [-0.1, -0.05) is 0 Å². The lowest BCUT2D eigenvalue weighted by atomic mass is 10.1. The predicted octanol–water partition coefficient (Wildman–Crippen LogP) is 1.48. The van der Waals surface area contributed by atoms with Crippen molar-refractivity contribution >= 4 is 5.52 Å². The Hall–Kier alpha value is -1.55. The molecule has 0 spiro atoms. The van der Waals surface area contributed by atoms with Gasteiger partial charge in [0.05, 0.1) is 18.3 Å². The molecule has 4 nitrogen and oxygen atoms in total. The molecule has 0 aliphatic rings. The number of hydrogen-bond donors (Lipinski definition) is 1. The van der Waals surface area contributed by atoms with Crippen molar-refractivity contribution in [1.82, 2.24) is 9.61 Å². The van der Waals surface area contributed by atoms with Crippen LogP contribution in [0.15, 0.2) is 30.6 Å². The molecule has 1 N–H and O–H groups in total. The summed E-state index contributed by atoms with van der Waals surface area (Å²) in [7, 11) is 0. The molecular weight excluding hydrogens is 192 g/mol. The average molecular weight is 206 g/mol. The summed E-state index contributed by atoms with van der Waals surface area (Å²) in [5.41, 5.74) is 0.449. The van der Waals surface area contributed by atoms with Gasteiger partial charge >= 0.3 is 0 Å². The standard InChI is InChI=1S/C11H14N2O2/c1-11(2,8-14)15-10-4-3-9-5-6-12-13(9)7-10/h3-7,14H,8H2,1-2H3. The van der Waals surface area contributed by atoms with Crippen LogP contribution in [0, 0.1) is 0 Å². The van der Waals surface area contributed by atoms with Crippen molar-refractivity contribution in [3.8, 4) is 5.75 Å². The van der Waals surface area contributed by atoms with E-state index in [0.29, 0.717) is 5.75 Å². The number of nitrogens with zero attached hydrogens (tertiary/aromatic N) is 2. The minimum Gasteiger partial charge on any atom is -0.484 e. The molecule has 2 rings (SSSR count). The largest absolute Gasteiger partial charge is 0.484 e. The van der Waals surface area contributed by atoms with E-state index in [2.05, 4.69) is 5.10 Å². The van der Waals surface area contributed by atoms with Crippen LogP contribution in [0.1, 0.15) is 13.8 Å². The van der Waals surface area contributed by atoms with Crippen LogP contribution < -0.4 is 4.74 Å². The van der Waals surface area contributed by atoms with Crippen molar-refractivity contribution in [3.63, 3.8) is 0 Å². The molecule has 0 fully saturated rings. The Morgan fingerprint density at radius 1 is 1.40 bits per heavy atom. The van der Waals surface area contributed by atoms with Crippen LogP contribution in [0.2, 0.25) is 0 Å². The minimum absolute atomic E-state index is 0.0237. The fourth-order valence-corrected chi connectivity index (χ4v) is 1.31. The summed E-state index contributed by atoms with van der Waals surface area (Å²) in [5, 5.41) is 13.2. The lowest BCUT2D eigenvalue weighted by Crippen LogP contribution is -2.32. The highest BCUT2D eigenvalue weighted by Gasteiger charge is 2.18. The summed E-state index contributed by atoms with van der Waals surface area (Å²) in [6.07, 6.45) is 3.53. The number of pyridine rings is 1. The van der Waals surface area contributed by atoms with Gasteiger partial charge in [0.1, 0.15) is 11.4 Å². The van der Waals surface area contributed by atoms with E-state index >= 15 is 0 Å². The maximum atomic E-state index is 9.08. The molecule has 4 heteroatoms. The first-order chi connectivity index (χ1) is 7.11. The molecule has 0 saturated carbocycles. The summed E-state index contributed by atoms with van der Waals surface area (Å²) in [5.74, 6) is 0.699. The van der Waals surface area contributed by atoms with Gasteiger partial charge < -0.3 is 9.84 Å². The van der Waals surface area contributed by atoms with Crippen molar-refractivity contribution in [2.75, 3.05) is 6.61 Å². The summed E-state index contributed by atoms with van der Waals surface area (Å²) in [6, 6.07) is 5.71.